The van der Waals surface area contributed by atoms with Crippen molar-refractivity contribution in [1.29, 1.82) is 0 Å². The van der Waals surface area contributed by atoms with E-state index in [1.165, 1.54) is 0 Å². The quantitative estimate of drug-likeness (QED) is 0.402. The van der Waals surface area contributed by atoms with Gasteiger partial charge >= 0.3 is 0 Å². The number of nitrogens with one attached hydrogen (secondary N) is 1. The average molecular weight is 423 g/mol. The predicted octanol–water partition coefficient (Wildman–Crippen LogP) is 3.83. The molecule has 7 heteroatoms. The molecule has 3 aliphatic heterocycles. The zero-order chi connectivity index (χ0) is 21.3. The molecule has 156 valence electrons. The summed E-state index contributed by atoms with van der Waals surface area (Å²) in [5, 5.41) is 16.2. The van der Waals surface area contributed by atoms with Gasteiger partial charge in [0.25, 0.3) is 11.8 Å². The summed E-state index contributed by atoms with van der Waals surface area (Å²) in [6.07, 6.45) is 0.0528. The van der Waals surface area contributed by atoms with Gasteiger partial charge in [-0.25, -0.2) is 0 Å². The molecular weight excluding hydrogens is 406 g/mol. The number of aromatic nitrogens is 2. The first-order chi connectivity index (χ1) is 15.7. The van der Waals surface area contributed by atoms with Crippen molar-refractivity contribution in [3.63, 3.8) is 0 Å². The van der Waals surface area contributed by atoms with Crippen LogP contribution in [0.2, 0.25) is 0 Å². The van der Waals surface area contributed by atoms with Crippen LogP contribution < -0.4 is 5.32 Å². The summed E-state index contributed by atoms with van der Waals surface area (Å²) in [5.74, 6) is -0.789. The van der Waals surface area contributed by atoms with Crippen LogP contribution in [0.5, 0.6) is 0 Å². The highest BCUT2D eigenvalue weighted by Gasteiger charge is 2.45. The third kappa shape index (κ3) is 1.68. The Hall–Kier alpha value is -3.68. The van der Waals surface area contributed by atoms with Crippen molar-refractivity contribution in [2.45, 2.75) is 18.9 Å². The molecule has 2 aromatic heterocycles. The van der Waals surface area contributed by atoms with E-state index in [1.54, 1.807) is 0 Å². The number of carbonyl (C=O) groups excluding carboxylic acids is 2. The van der Waals surface area contributed by atoms with Gasteiger partial charge < -0.3 is 19.0 Å². The Labute approximate surface area is 180 Å². The van der Waals surface area contributed by atoms with Crippen molar-refractivity contribution < 1.29 is 19.4 Å². The third-order valence-corrected chi connectivity index (χ3v) is 7.46. The van der Waals surface area contributed by atoms with Crippen molar-refractivity contribution in [3.8, 4) is 0 Å². The SMILES string of the molecule is O=C1NC(=O)c2c1c1c3ccccc3n3c1c1c2c2ccccc2n1[C@H]1C[C@H](CO)[C@H]3O1. The van der Waals surface area contributed by atoms with E-state index in [-0.39, 0.29) is 36.8 Å². The van der Waals surface area contributed by atoms with E-state index in [9.17, 15) is 14.7 Å². The first-order valence-corrected chi connectivity index (χ1v) is 10.8. The summed E-state index contributed by atoms with van der Waals surface area (Å²) in [6, 6.07) is 15.9. The fourth-order valence-corrected chi connectivity index (χ4v) is 6.30. The number of benzene rings is 3. The largest absolute Gasteiger partial charge is 0.396 e. The summed E-state index contributed by atoms with van der Waals surface area (Å²) < 4.78 is 10.9. The van der Waals surface area contributed by atoms with E-state index >= 15 is 0 Å². The maximum Gasteiger partial charge on any atom is 0.259 e. The number of aliphatic hydroxyl groups excluding tert-OH is 1. The fraction of sp³-hybridized carbons (Fsp3) is 0.200. The lowest BCUT2D eigenvalue weighted by atomic mass is 9.96. The molecule has 5 aromatic rings. The van der Waals surface area contributed by atoms with Gasteiger partial charge in [-0.3, -0.25) is 14.9 Å². The number of para-hydroxylation sites is 2. The van der Waals surface area contributed by atoms with Crippen molar-refractivity contribution in [1.82, 2.24) is 14.5 Å². The van der Waals surface area contributed by atoms with Gasteiger partial charge in [0, 0.05) is 33.9 Å². The number of rotatable bonds is 1. The molecule has 1 fully saturated rings. The van der Waals surface area contributed by atoms with Crippen LogP contribution in [0.3, 0.4) is 0 Å². The lowest BCUT2D eigenvalue weighted by molar-refractivity contribution is -0.0385. The Kier molecular flexibility index (Phi) is 2.85. The standard InChI is InChI=1S/C25H17N3O4/c29-10-11-9-16-27-14-7-3-1-5-12(14)17-19-20(24(31)26-23(19)30)18-13-6-2-4-8-15(13)28(25(11)32-16)22(18)21(17)27/h1-8,11,16,25,29H,9-10H2,(H,26,30,31)/t11-,16-,25-/m1/s1. The first-order valence-electron chi connectivity index (χ1n) is 10.8. The Balaban J connectivity index is 1.78. The van der Waals surface area contributed by atoms with E-state index in [4.69, 9.17) is 4.74 Å². The van der Waals surface area contributed by atoms with Crippen LogP contribution in [0.4, 0.5) is 0 Å². The molecule has 8 rings (SSSR count). The molecule has 0 unspecified atom stereocenters. The number of nitrogens with zero attached hydrogens (tertiary/aromatic N) is 2. The van der Waals surface area contributed by atoms with Gasteiger partial charge in [-0.05, 0) is 12.1 Å². The number of hydrogen-bond acceptors (Lipinski definition) is 4. The predicted molar refractivity (Wildman–Crippen MR) is 119 cm³/mol. The summed E-state index contributed by atoms with van der Waals surface area (Å²) >= 11 is 0. The van der Waals surface area contributed by atoms with Crippen molar-refractivity contribution in [3.05, 3.63) is 59.7 Å². The molecule has 0 spiro atoms. The molecule has 2 N–H and O–H groups in total. The highest BCUT2D eigenvalue weighted by Crippen LogP contribution is 2.53. The van der Waals surface area contributed by atoms with Gasteiger partial charge in [-0.1, -0.05) is 36.4 Å². The smallest absolute Gasteiger partial charge is 0.259 e. The summed E-state index contributed by atoms with van der Waals surface area (Å²) in [6.45, 7) is 0.0107. The number of amides is 2. The minimum absolute atomic E-state index is 0.0107. The molecule has 0 radical (unpaired) electrons. The van der Waals surface area contributed by atoms with Crippen LogP contribution in [0.1, 0.15) is 39.6 Å². The number of carbonyl (C=O) groups is 2. The molecule has 0 aliphatic carbocycles. The van der Waals surface area contributed by atoms with Crippen LogP contribution >= 0.6 is 0 Å². The molecule has 3 aliphatic rings. The number of ether oxygens (including phenoxy) is 1. The molecule has 3 atom stereocenters. The number of fused-ring (bicyclic) bond motifs is 13. The summed E-state index contributed by atoms with van der Waals surface area (Å²) in [5.41, 5.74) is 4.61. The second-order valence-electron chi connectivity index (χ2n) is 8.91. The molecule has 2 bridgehead atoms. The normalized spacial score (nSPS) is 23.7. The van der Waals surface area contributed by atoms with Crippen LogP contribution in [0, 0.1) is 5.92 Å². The molecular formula is C25H17N3O4. The Morgan fingerprint density at radius 3 is 2.06 bits per heavy atom. The molecule has 2 amide bonds. The highest BCUT2D eigenvalue weighted by molar-refractivity contribution is 6.39. The second-order valence-corrected chi connectivity index (χ2v) is 8.91. The number of hydrogen-bond donors (Lipinski definition) is 2. The Bertz CT molecular complexity index is 1710. The summed E-state index contributed by atoms with van der Waals surface area (Å²) in [4.78, 5) is 26.2. The van der Waals surface area contributed by atoms with E-state index in [0.29, 0.717) is 17.5 Å². The maximum absolute atomic E-state index is 13.1. The minimum atomic E-state index is -0.360. The van der Waals surface area contributed by atoms with E-state index < -0.39 is 0 Å². The lowest BCUT2D eigenvalue weighted by Gasteiger charge is -2.20. The van der Waals surface area contributed by atoms with Gasteiger partial charge in [0.1, 0.15) is 12.5 Å². The van der Waals surface area contributed by atoms with Crippen LogP contribution in [0.15, 0.2) is 48.5 Å². The topological polar surface area (TPSA) is 85.5 Å². The lowest BCUT2D eigenvalue weighted by Crippen LogP contribution is -2.20. The zero-order valence-electron chi connectivity index (χ0n) is 16.8. The molecule has 1 saturated heterocycles. The highest BCUT2D eigenvalue weighted by atomic mass is 16.5. The van der Waals surface area contributed by atoms with Gasteiger partial charge in [0.2, 0.25) is 0 Å². The van der Waals surface area contributed by atoms with E-state index in [2.05, 4.69) is 14.5 Å². The average Bonchev–Trinajstić information content (AvgIpc) is 3.50. The van der Waals surface area contributed by atoms with Crippen molar-refractivity contribution in [2.24, 2.45) is 5.92 Å². The molecule has 3 aromatic carbocycles. The summed E-state index contributed by atoms with van der Waals surface area (Å²) in [7, 11) is 0. The Morgan fingerprint density at radius 1 is 0.875 bits per heavy atom. The van der Waals surface area contributed by atoms with Crippen LogP contribution in [0.25, 0.3) is 43.6 Å². The number of aliphatic hydroxyl groups is 1. The van der Waals surface area contributed by atoms with Crippen molar-refractivity contribution >= 4 is 55.4 Å². The second kappa shape index (κ2) is 5.38. The van der Waals surface area contributed by atoms with Crippen LogP contribution in [-0.2, 0) is 4.74 Å². The van der Waals surface area contributed by atoms with E-state index in [1.807, 2.05) is 48.5 Å². The third-order valence-electron chi connectivity index (χ3n) is 7.46. The maximum atomic E-state index is 13.1. The monoisotopic (exact) mass is 423 g/mol. The van der Waals surface area contributed by atoms with E-state index in [0.717, 1.165) is 43.6 Å². The van der Waals surface area contributed by atoms with Gasteiger partial charge in [0.05, 0.1) is 39.8 Å². The molecule has 7 nitrogen and oxygen atoms in total. The van der Waals surface area contributed by atoms with Gasteiger partial charge in [-0.2, -0.15) is 0 Å². The number of imide groups is 1. The van der Waals surface area contributed by atoms with Crippen LogP contribution in [-0.4, -0.2) is 32.7 Å². The zero-order valence-corrected chi connectivity index (χ0v) is 16.8. The van der Waals surface area contributed by atoms with Gasteiger partial charge in [0.15, 0.2) is 0 Å². The minimum Gasteiger partial charge on any atom is -0.396 e. The van der Waals surface area contributed by atoms with Gasteiger partial charge in [-0.15, -0.1) is 0 Å². The Morgan fingerprint density at radius 2 is 1.44 bits per heavy atom. The van der Waals surface area contributed by atoms with Crippen molar-refractivity contribution in [2.75, 3.05) is 6.61 Å². The molecule has 5 heterocycles. The fourth-order valence-electron chi connectivity index (χ4n) is 6.30. The molecule has 0 saturated carbocycles. The molecule has 32 heavy (non-hydrogen) atoms. The first kappa shape index (κ1) is 16.9.